The number of hydrogen-bond acceptors (Lipinski definition) is 4. The van der Waals surface area contributed by atoms with Crippen LogP contribution in [0.5, 0.6) is 0 Å². The quantitative estimate of drug-likeness (QED) is 0.715. The number of rotatable bonds is 4. The summed E-state index contributed by atoms with van der Waals surface area (Å²) in [7, 11) is 0. The molecule has 0 aliphatic rings. The van der Waals surface area contributed by atoms with E-state index >= 15 is 0 Å². The zero-order chi connectivity index (χ0) is 13.9. The second-order valence-corrected chi connectivity index (χ2v) is 4.51. The SMILES string of the molecule is Nc1ccc2oc(NCCc3ccccc3F)nc2c1. The molecule has 0 radical (unpaired) electrons. The van der Waals surface area contributed by atoms with Crippen LogP contribution in [0.1, 0.15) is 5.56 Å². The van der Waals surface area contributed by atoms with Gasteiger partial charge >= 0.3 is 0 Å². The van der Waals surface area contributed by atoms with Crippen molar-refractivity contribution in [3.8, 4) is 0 Å². The molecule has 2 aromatic carbocycles. The van der Waals surface area contributed by atoms with Crippen molar-refractivity contribution >= 4 is 22.8 Å². The lowest BCUT2D eigenvalue weighted by molar-refractivity contribution is 0.602. The largest absolute Gasteiger partial charge is 0.424 e. The first-order valence-corrected chi connectivity index (χ1v) is 6.36. The first kappa shape index (κ1) is 12.5. The Morgan fingerprint density at radius 3 is 2.90 bits per heavy atom. The Morgan fingerprint density at radius 1 is 1.20 bits per heavy atom. The average Bonchev–Trinajstić information content (AvgIpc) is 2.83. The summed E-state index contributed by atoms with van der Waals surface area (Å²) in [4.78, 5) is 4.28. The number of benzene rings is 2. The molecular weight excluding hydrogens is 257 g/mol. The number of nitrogen functional groups attached to an aromatic ring is 1. The van der Waals surface area contributed by atoms with E-state index in [1.807, 2.05) is 6.07 Å². The zero-order valence-electron chi connectivity index (χ0n) is 10.8. The molecule has 3 N–H and O–H groups in total. The minimum atomic E-state index is -0.195. The van der Waals surface area contributed by atoms with Crippen molar-refractivity contribution in [2.75, 3.05) is 17.6 Å². The van der Waals surface area contributed by atoms with Crippen molar-refractivity contribution in [1.82, 2.24) is 4.98 Å². The topological polar surface area (TPSA) is 64.1 Å². The molecule has 0 spiro atoms. The Morgan fingerprint density at radius 2 is 2.05 bits per heavy atom. The summed E-state index contributed by atoms with van der Waals surface area (Å²) in [5.74, 6) is -0.195. The molecule has 0 saturated carbocycles. The van der Waals surface area contributed by atoms with Crippen molar-refractivity contribution in [2.45, 2.75) is 6.42 Å². The third-order valence-electron chi connectivity index (χ3n) is 3.04. The molecule has 3 rings (SSSR count). The molecule has 102 valence electrons. The first-order chi connectivity index (χ1) is 9.72. The standard InChI is InChI=1S/C15H14FN3O/c16-12-4-2-1-3-10(12)7-8-18-15-19-13-9-11(17)5-6-14(13)20-15/h1-6,9H,7-8,17H2,(H,18,19). The van der Waals surface area contributed by atoms with E-state index in [9.17, 15) is 4.39 Å². The van der Waals surface area contributed by atoms with Crippen molar-refractivity contribution in [1.29, 1.82) is 0 Å². The number of nitrogens with two attached hydrogens (primary N) is 1. The van der Waals surface area contributed by atoms with Gasteiger partial charge in [0.25, 0.3) is 6.01 Å². The van der Waals surface area contributed by atoms with Crippen molar-refractivity contribution < 1.29 is 8.81 Å². The minimum Gasteiger partial charge on any atom is -0.424 e. The molecule has 5 heteroatoms. The minimum absolute atomic E-state index is 0.195. The maximum atomic E-state index is 13.4. The molecule has 4 nitrogen and oxygen atoms in total. The number of nitrogens with one attached hydrogen (secondary N) is 1. The lowest BCUT2D eigenvalue weighted by Crippen LogP contribution is -2.06. The first-order valence-electron chi connectivity index (χ1n) is 6.36. The smallest absolute Gasteiger partial charge is 0.295 e. The maximum Gasteiger partial charge on any atom is 0.295 e. The van der Waals surface area contributed by atoms with Gasteiger partial charge in [-0.2, -0.15) is 4.98 Å². The lowest BCUT2D eigenvalue weighted by Gasteiger charge is -2.03. The van der Waals surface area contributed by atoms with Gasteiger partial charge in [0, 0.05) is 12.2 Å². The van der Waals surface area contributed by atoms with Gasteiger partial charge in [0.2, 0.25) is 0 Å². The maximum absolute atomic E-state index is 13.4. The Balaban J connectivity index is 1.67. The molecule has 1 heterocycles. The highest BCUT2D eigenvalue weighted by atomic mass is 19.1. The summed E-state index contributed by atoms with van der Waals surface area (Å²) in [5, 5.41) is 3.04. The van der Waals surface area contributed by atoms with Crippen LogP contribution in [0.4, 0.5) is 16.1 Å². The highest BCUT2D eigenvalue weighted by Gasteiger charge is 2.06. The van der Waals surface area contributed by atoms with Crippen molar-refractivity contribution in [3.05, 3.63) is 53.8 Å². The van der Waals surface area contributed by atoms with Gasteiger partial charge in [-0.05, 0) is 36.2 Å². The molecule has 0 fully saturated rings. The van der Waals surface area contributed by atoms with Gasteiger partial charge in [0.05, 0.1) is 0 Å². The highest BCUT2D eigenvalue weighted by molar-refractivity contribution is 5.78. The fraction of sp³-hybridized carbons (Fsp3) is 0.133. The molecule has 0 amide bonds. The van der Waals surface area contributed by atoms with Crippen LogP contribution in [0.2, 0.25) is 0 Å². The van der Waals surface area contributed by atoms with Gasteiger partial charge in [-0.1, -0.05) is 18.2 Å². The van der Waals surface area contributed by atoms with Crippen LogP contribution in [-0.2, 0) is 6.42 Å². The molecule has 20 heavy (non-hydrogen) atoms. The van der Waals surface area contributed by atoms with Gasteiger partial charge in [0.1, 0.15) is 11.3 Å². The number of aromatic nitrogens is 1. The van der Waals surface area contributed by atoms with Crippen LogP contribution in [0.15, 0.2) is 46.9 Å². The van der Waals surface area contributed by atoms with Crippen LogP contribution in [0.25, 0.3) is 11.1 Å². The van der Waals surface area contributed by atoms with Crippen LogP contribution in [0.3, 0.4) is 0 Å². The van der Waals surface area contributed by atoms with E-state index in [-0.39, 0.29) is 5.82 Å². The van der Waals surface area contributed by atoms with E-state index in [4.69, 9.17) is 10.2 Å². The number of nitrogens with zero attached hydrogens (tertiary/aromatic N) is 1. The normalized spacial score (nSPS) is 10.8. The lowest BCUT2D eigenvalue weighted by atomic mass is 10.1. The van der Waals surface area contributed by atoms with E-state index < -0.39 is 0 Å². The van der Waals surface area contributed by atoms with Crippen LogP contribution < -0.4 is 11.1 Å². The van der Waals surface area contributed by atoms with Gasteiger partial charge < -0.3 is 15.5 Å². The Hall–Kier alpha value is -2.56. The molecule has 0 aliphatic carbocycles. The third-order valence-corrected chi connectivity index (χ3v) is 3.04. The number of anilines is 2. The summed E-state index contributed by atoms with van der Waals surface area (Å²) in [6.07, 6.45) is 0.563. The molecule has 0 unspecified atom stereocenters. The number of hydrogen-bond donors (Lipinski definition) is 2. The second-order valence-electron chi connectivity index (χ2n) is 4.51. The molecule has 0 bridgehead atoms. The average molecular weight is 271 g/mol. The molecule has 3 aromatic rings. The van der Waals surface area contributed by atoms with E-state index in [2.05, 4.69) is 10.3 Å². The van der Waals surface area contributed by atoms with Crippen LogP contribution in [-0.4, -0.2) is 11.5 Å². The van der Waals surface area contributed by atoms with Crippen molar-refractivity contribution in [3.63, 3.8) is 0 Å². The monoisotopic (exact) mass is 271 g/mol. The van der Waals surface area contributed by atoms with Gasteiger partial charge in [-0.25, -0.2) is 4.39 Å². The fourth-order valence-electron chi connectivity index (χ4n) is 2.03. The van der Waals surface area contributed by atoms with Gasteiger partial charge in [0.15, 0.2) is 5.58 Å². The number of halogens is 1. The van der Waals surface area contributed by atoms with Gasteiger partial charge in [-0.15, -0.1) is 0 Å². The fourth-order valence-corrected chi connectivity index (χ4v) is 2.03. The number of oxazole rings is 1. The molecule has 0 aliphatic heterocycles. The van der Waals surface area contributed by atoms with Crippen molar-refractivity contribution in [2.24, 2.45) is 0 Å². The summed E-state index contributed by atoms with van der Waals surface area (Å²) in [5.41, 5.74) is 8.37. The summed E-state index contributed by atoms with van der Waals surface area (Å²) >= 11 is 0. The summed E-state index contributed by atoms with van der Waals surface area (Å²) < 4.78 is 19.0. The summed E-state index contributed by atoms with van der Waals surface area (Å²) in [6.45, 7) is 0.545. The Kier molecular flexibility index (Phi) is 3.25. The van der Waals surface area contributed by atoms with E-state index in [1.54, 1.807) is 30.3 Å². The predicted molar refractivity (Wildman–Crippen MR) is 77.0 cm³/mol. The van der Waals surface area contributed by atoms with E-state index in [1.165, 1.54) is 6.07 Å². The molecule has 0 saturated heterocycles. The Labute approximate surface area is 115 Å². The zero-order valence-corrected chi connectivity index (χ0v) is 10.8. The molecular formula is C15H14FN3O. The van der Waals surface area contributed by atoms with Crippen LogP contribution in [0, 0.1) is 5.82 Å². The van der Waals surface area contributed by atoms with Crippen LogP contribution >= 0.6 is 0 Å². The highest BCUT2D eigenvalue weighted by Crippen LogP contribution is 2.21. The second kappa shape index (κ2) is 5.21. The predicted octanol–water partition coefficient (Wildman–Crippen LogP) is 3.20. The summed E-state index contributed by atoms with van der Waals surface area (Å²) in [6, 6.07) is 12.4. The number of fused-ring (bicyclic) bond motifs is 1. The molecule has 0 atom stereocenters. The van der Waals surface area contributed by atoms with E-state index in [0.717, 1.165) is 0 Å². The molecule has 1 aromatic heterocycles. The van der Waals surface area contributed by atoms with E-state index in [0.29, 0.717) is 41.3 Å². The van der Waals surface area contributed by atoms with Gasteiger partial charge in [-0.3, -0.25) is 0 Å². The third kappa shape index (κ3) is 2.56. The Bertz CT molecular complexity index is 739.